The molecule has 12 rings (SSSR count). The molecule has 0 bridgehead atoms. The number of nitrogens with zero attached hydrogens (tertiary/aromatic N) is 3. The Kier molecular flexibility index (Phi) is 16.9. The van der Waals surface area contributed by atoms with E-state index in [0.717, 1.165) is 81.9 Å². The van der Waals surface area contributed by atoms with Gasteiger partial charge < -0.3 is 9.13 Å². The second kappa shape index (κ2) is 24.1. The molecule has 2 aromatic heterocycles. The first-order valence-corrected chi connectivity index (χ1v) is 29.0. The Morgan fingerprint density at radius 3 is 0.673 bits per heavy atom. The van der Waals surface area contributed by atoms with Crippen molar-refractivity contribution in [2.24, 2.45) is 0 Å². The highest BCUT2D eigenvalue weighted by Gasteiger charge is 2.45. The van der Waals surface area contributed by atoms with E-state index in [2.05, 4.69) is 0 Å². The third kappa shape index (κ3) is 13.6. The quantitative estimate of drug-likeness (QED) is 0.146. The number of halogens is 30. The molecule has 0 atom stereocenters. The molecule has 538 valence electrons. The van der Waals surface area contributed by atoms with Crippen LogP contribution in [0.15, 0.2) is 176 Å². The van der Waals surface area contributed by atoms with Gasteiger partial charge in [0.1, 0.15) is 6.07 Å². The Morgan fingerprint density at radius 2 is 0.462 bits per heavy atom. The second-order valence-corrected chi connectivity index (χ2v) is 23.5. The molecule has 33 heteroatoms. The van der Waals surface area contributed by atoms with Crippen molar-refractivity contribution in [1.82, 2.24) is 9.13 Å². The fraction of sp³-hybridized carbons (Fsp3) is 0.141. The Hall–Kier alpha value is -10.8. The van der Waals surface area contributed by atoms with E-state index >= 15 is 26.3 Å². The molecular weight excluding hydrogens is 1460 g/mol. The average Bonchev–Trinajstić information content (AvgIpc) is 1.58. The van der Waals surface area contributed by atoms with Crippen LogP contribution in [0.3, 0.4) is 0 Å². The summed E-state index contributed by atoms with van der Waals surface area (Å²) in [6, 6.07) is 13.9. The highest BCUT2D eigenvalue weighted by Crippen LogP contribution is 2.52. The normalized spacial score (nSPS) is 13.5. The van der Waals surface area contributed by atoms with Crippen LogP contribution in [0.4, 0.5) is 132 Å². The number of nitriles is 1. The standard InChI is InChI=1S/C71H29F30N3/c72-62(73,74)40-12-35(13-41(25-40)63(75,76)77)31-4-8-55-48(20-31)49-21-32(36-14-42(64(78,79)80)26-43(15-36)65(81,82)83)5-9-56(49)103(55)59-29-52(61-53(70(96,97)98)2-1-3-54(61)71(99,100)101)60(24-39(59)30-102)104-57-10-6-33(37-16-44(66(84,85)86)27-45(17-37)67(87,88)89)22-50(57)51-23-34(7-11-58(51)104)38-18-46(68(90,91)92)28-47(19-38)69(93,94)95/h1-29H. The molecule has 0 radical (unpaired) electrons. The molecule has 0 aliphatic heterocycles. The number of hydrogen-bond donors (Lipinski definition) is 0. The molecule has 10 aromatic carbocycles. The molecule has 0 spiro atoms. The van der Waals surface area contributed by atoms with Gasteiger partial charge >= 0.3 is 61.8 Å². The highest BCUT2D eigenvalue weighted by molar-refractivity contribution is 6.14. The molecule has 3 nitrogen and oxygen atoms in total. The van der Waals surface area contributed by atoms with Crippen LogP contribution in [0, 0.1) is 11.3 Å². The van der Waals surface area contributed by atoms with Crippen molar-refractivity contribution in [3.05, 3.63) is 237 Å². The average molecular weight is 1490 g/mol. The molecule has 0 N–H and O–H groups in total. The highest BCUT2D eigenvalue weighted by atomic mass is 19.4. The summed E-state index contributed by atoms with van der Waals surface area (Å²) in [5, 5.41) is 9.28. The molecular formula is C71H29F30N3. The summed E-state index contributed by atoms with van der Waals surface area (Å²) in [6.07, 6.45) is -55.9. The van der Waals surface area contributed by atoms with Gasteiger partial charge in [-0.1, -0.05) is 30.3 Å². The van der Waals surface area contributed by atoms with E-state index < -0.39 is 234 Å². The molecule has 0 fully saturated rings. The molecule has 0 saturated carbocycles. The maximum absolute atomic E-state index is 15.8. The fourth-order valence-corrected chi connectivity index (χ4v) is 12.3. The zero-order valence-electron chi connectivity index (χ0n) is 50.4. The predicted octanol–water partition coefficient (Wildman–Crippen LogP) is 26.3. The van der Waals surface area contributed by atoms with Gasteiger partial charge in [-0.3, -0.25) is 0 Å². The van der Waals surface area contributed by atoms with Gasteiger partial charge in [0.25, 0.3) is 0 Å². The Morgan fingerprint density at radius 1 is 0.231 bits per heavy atom. The minimum Gasteiger partial charge on any atom is -0.309 e. The molecule has 0 aliphatic carbocycles. The molecule has 0 amide bonds. The molecule has 0 aliphatic rings. The Bertz CT molecular complexity index is 5110. The molecule has 104 heavy (non-hydrogen) atoms. The first-order chi connectivity index (χ1) is 47.8. The summed E-state index contributed by atoms with van der Waals surface area (Å²) in [4.78, 5) is 0. The number of rotatable bonds is 7. The lowest BCUT2D eigenvalue weighted by Gasteiger charge is -2.24. The topological polar surface area (TPSA) is 33.6 Å². The van der Waals surface area contributed by atoms with Crippen LogP contribution in [0.25, 0.3) is 111 Å². The first-order valence-electron chi connectivity index (χ1n) is 29.0. The summed E-state index contributed by atoms with van der Waals surface area (Å²) in [5.74, 6) is 0. The maximum atomic E-state index is 15.8. The van der Waals surface area contributed by atoms with E-state index in [1.165, 1.54) is 0 Å². The van der Waals surface area contributed by atoms with Crippen LogP contribution in [-0.2, 0) is 61.8 Å². The summed E-state index contributed by atoms with van der Waals surface area (Å²) < 4.78 is 441. The first kappa shape index (κ1) is 73.0. The number of hydrogen-bond acceptors (Lipinski definition) is 1. The van der Waals surface area contributed by atoms with Gasteiger partial charge in [0.05, 0.1) is 94.6 Å². The van der Waals surface area contributed by atoms with E-state index in [0.29, 0.717) is 18.2 Å². The largest absolute Gasteiger partial charge is 0.417 e. The van der Waals surface area contributed by atoms with Crippen molar-refractivity contribution in [1.29, 1.82) is 5.26 Å². The SMILES string of the molecule is N#Cc1cc(-n2c3ccc(-c4cc(C(F)(F)F)cc(C(F)(F)F)c4)cc3c3cc(-c4cc(C(F)(F)F)cc(C(F)(F)F)c4)ccc32)c(-c2c(C(F)(F)F)cccc2C(F)(F)F)cc1-n1c2ccc(-c3cc(C(F)(F)F)cc(C(F)(F)F)c3)cc2c2cc(-c3cc(C(F)(F)F)cc(C(F)(F)F)c3)ccc21. The van der Waals surface area contributed by atoms with Gasteiger partial charge in [-0.05, 0) is 190 Å². The summed E-state index contributed by atoms with van der Waals surface area (Å²) in [6.45, 7) is 0. The lowest BCUT2D eigenvalue weighted by atomic mass is 9.90. The van der Waals surface area contributed by atoms with Crippen LogP contribution in [0.1, 0.15) is 61.2 Å². The molecule has 0 saturated heterocycles. The summed E-state index contributed by atoms with van der Waals surface area (Å²) in [7, 11) is 0. The van der Waals surface area contributed by atoms with Crippen molar-refractivity contribution in [3.8, 4) is 73.1 Å². The maximum Gasteiger partial charge on any atom is 0.417 e. The summed E-state index contributed by atoms with van der Waals surface area (Å²) in [5.41, 5.74) is -33.5. The van der Waals surface area contributed by atoms with Crippen molar-refractivity contribution in [2.45, 2.75) is 61.8 Å². The summed E-state index contributed by atoms with van der Waals surface area (Å²) >= 11 is 0. The van der Waals surface area contributed by atoms with Crippen molar-refractivity contribution in [2.75, 3.05) is 0 Å². The number of fused-ring (bicyclic) bond motifs is 6. The minimum absolute atomic E-state index is 0.130. The number of benzene rings is 10. The zero-order chi connectivity index (χ0) is 76.3. The van der Waals surface area contributed by atoms with E-state index in [9.17, 15) is 111 Å². The van der Waals surface area contributed by atoms with Crippen LogP contribution in [0.2, 0.25) is 0 Å². The zero-order valence-corrected chi connectivity index (χ0v) is 50.4. The van der Waals surface area contributed by atoms with Crippen LogP contribution in [0.5, 0.6) is 0 Å². The van der Waals surface area contributed by atoms with Gasteiger partial charge in [0, 0.05) is 32.7 Å². The van der Waals surface area contributed by atoms with Crippen molar-refractivity contribution >= 4 is 43.6 Å². The smallest absolute Gasteiger partial charge is 0.309 e. The van der Waals surface area contributed by atoms with E-state index in [-0.39, 0.29) is 84.9 Å². The van der Waals surface area contributed by atoms with Gasteiger partial charge in [0.15, 0.2) is 0 Å². The van der Waals surface area contributed by atoms with Gasteiger partial charge in [-0.25, -0.2) is 0 Å². The van der Waals surface area contributed by atoms with Gasteiger partial charge in [-0.2, -0.15) is 137 Å². The van der Waals surface area contributed by atoms with Crippen LogP contribution in [-0.4, -0.2) is 9.13 Å². The van der Waals surface area contributed by atoms with Crippen molar-refractivity contribution in [3.63, 3.8) is 0 Å². The molecule has 2 heterocycles. The Balaban J connectivity index is 1.23. The molecule has 12 aromatic rings. The lowest BCUT2D eigenvalue weighted by Crippen LogP contribution is -2.15. The van der Waals surface area contributed by atoms with E-state index in [1.54, 1.807) is 6.07 Å². The minimum atomic E-state index is -5.88. The van der Waals surface area contributed by atoms with Gasteiger partial charge in [-0.15, -0.1) is 0 Å². The Labute approximate surface area is 560 Å². The van der Waals surface area contributed by atoms with E-state index in [1.807, 2.05) is 0 Å². The van der Waals surface area contributed by atoms with Crippen molar-refractivity contribution < 1.29 is 132 Å². The second-order valence-electron chi connectivity index (χ2n) is 23.5. The third-order valence-electron chi connectivity index (χ3n) is 16.9. The van der Waals surface area contributed by atoms with Gasteiger partial charge in [0.2, 0.25) is 0 Å². The number of alkyl halides is 30. The van der Waals surface area contributed by atoms with Crippen LogP contribution < -0.4 is 0 Å². The molecule has 0 unspecified atom stereocenters. The lowest BCUT2D eigenvalue weighted by molar-refractivity contribution is -0.144. The number of aromatic nitrogens is 2. The third-order valence-corrected chi connectivity index (χ3v) is 16.9. The monoisotopic (exact) mass is 1490 g/mol. The predicted molar refractivity (Wildman–Crippen MR) is 317 cm³/mol. The fourth-order valence-electron chi connectivity index (χ4n) is 12.3. The van der Waals surface area contributed by atoms with E-state index in [4.69, 9.17) is 0 Å². The van der Waals surface area contributed by atoms with Crippen LogP contribution >= 0.6 is 0 Å².